The van der Waals surface area contributed by atoms with Gasteiger partial charge in [0.05, 0.1) is 17.6 Å². The van der Waals surface area contributed by atoms with Crippen LogP contribution in [0, 0.1) is 0 Å². The first-order valence-corrected chi connectivity index (χ1v) is 13.3. The molecule has 0 bridgehead atoms. The van der Waals surface area contributed by atoms with Crippen LogP contribution in [0.15, 0.2) is 83.8 Å². The molecule has 0 aliphatic rings. The number of nitrogens with two attached hydrogens (primary N) is 2. The molecule has 6 nitrogen and oxygen atoms in total. The average molecular weight is 526 g/mol. The van der Waals surface area contributed by atoms with Crippen molar-refractivity contribution in [2.75, 3.05) is 11.1 Å². The van der Waals surface area contributed by atoms with Crippen LogP contribution in [0.3, 0.4) is 0 Å². The number of anilines is 3. The fraction of sp³-hybridized carbons (Fsp3) is 0. The number of nitrogens with zero attached hydrogens (tertiary/aromatic N) is 3. The minimum atomic E-state index is 0.469. The van der Waals surface area contributed by atoms with E-state index < -0.39 is 0 Å². The van der Waals surface area contributed by atoms with Gasteiger partial charge in [0, 0.05) is 34.7 Å². The molecule has 0 spiro atoms. The van der Waals surface area contributed by atoms with Crippen LogP contribution in [0.1, 0.15) is 5.56 Å². The van der Waals surface area contributed by atoms with E-state index in [-0.39, 0.29) is 0 Å². The van der Waals surface area contributed by atoms with Crippen molar-refractivity contribution in [2.24, 2.45) is 10.5 Å². The third kappa shape index (κ3) is 4.32. The second kappa shape index (κ2) is 9.28. The Morgan fingerprint density at radius 2 is 1.87 bits per heavy atom. The van der Waals surface area contributed by atoms with Crippen molar-refractivity contribution in [1.29, 1.82) is 0 Å². The highest BCUT2D eigenvalue weighted by Gasteiger charge is 2.12. The van der Waals surface area contributed by atoms with Crippen LogP contribution in [0.4, 0.5) is 17.2 Å². The molecule has 8 heteroatoms. The molecule has 0 fully saturated rings. The standard InChI is InChI=1S/C22H20IN6P/c23-30-26-14-16(13-24)15-8-10-18(11-9-15)27-22-20-6-1-2-7-21(20)29(28-22)19-5-3-4-17(25)12-19/h1-14,30H,24-25H2,(H,27,28)/b16-13+,26-14+. The Labute approximate surface area is 189 Å². The Balaban J connectivity index is 1.67. The predicted molar refractivity (Wildman–Crippen MR) is 138 cm³/mol. The fourth-order valence-electron chi connectivity index (χ4n) is 3.20. The number of hydrogen-bond donors (Lipinski definition) is 3. The summed E-state index contributed by atoms with van der Waals surface area (Å²) in [6.45, 7) is 0. The van der Waals surface area contributed by atoms with Gasteiger partial charge >= 0.3 is 0 Å². The van der Waals surface area contributed by atoms with Crippen LogP contribution in [-0.2, 0) is 0 Å². The van der Waals surface area contributed by atoms with Crippen molar-refractivity contribution in [2.45, 2.75) is 0 Å². The number of aromatic nitrogens is 2. The van der Waals surface area contributed by atoms with Crippen molar-refractivity contribution in [3.63, 3.8) is 0 Å². The van der Waals surface area contributed by atoms with Crippen molar-refractivity contribution in [3.05, 3.63) is 84.6 Å². The molecule has 0 saturated carbocycles. The van der Waals surface area contributed by atoms with Gasteiger partial charge in [-0.1, -0.05) is 30.3 Å². The topological polar surface area (TPSA) is 94.2 Å². The molecule has 0 radical (unpaired) electrons. The second-order valence-corrected chi connectivity index (χ2v) is 8.41. The van der Waals surface area contributed by atoms with E-state index in [1.54, 1.807) is 12.4 Å². The van der Waals surface area contributed by atoms with Gasteiger partial charge in [-0.2, -0.15) is 0 Å². The van der Waals surface area contributed by atoms with Crippen LogP contribution in [0.2, 0.25) is 0 Å². The van der Waals surface area contributed by atoms with Gasteiger partial charge in [0.1, 0.15) is 0 Å². The van der Waals surface area contributed by atoms with Crippen molar-refractivity contribution in [3.8, 4) is 5.69 Å². The number of para-hydroxylation sites is 1. The van der Waals surface area contributed by atoms with Crippen LogP contribution in [0.25, 0.3) is 22.2 Å². The molecule has 1 unspecified atom stereocenters. The molecule has 30 heavy (non-hydrogen) atoms. The summed E-state index contributed by atoms with van der Waals surface area (Å²) in [7, 11) is 0. The van der Waals surface area contributed by atoms with E-state index in [1.165, 1.54) is 0 Å². The van der Waals surface area contributed by atoms with Crippen molar-refractivity contribution < 1.29 is 0 Å². The Hall–Kier alpha value is -2.90. The maximum atomic E-state index is 5.97. The van der Waals surface area contributed by atoms with E-state index in [9.17, 15) is 0 Å². The SMILES string of the molecule is N/C=C(\C=N\PI)c1ccc(Nc2nn(-c3cccc(N)c3)c3ccccc23)cc1. The maximum absolute atomic E-state index is 5.97. The first kappa shape index (κ1) is 20.4. The van der Waals surface area contributed by atoms with Gasteiger partial charge in [-0.15, -0.1) is 5.10 Å². The van der Waals surface area contributed by atoms with Crippen LogP contribution in [0.5, 0.6) is 0 Å². The van der Waals surface area contributed by atoms with Crippen molar-refractivity contribution >= 4 is 68.3 Å². The molecule has 1 atom stereocenters. The van der Waals surface area contributed by atoms with E-state index in [0.29, 0.717) is 12.1 Å². The highest BCUT2D eigenvalue weighted by atomic mass is 127. The average Bonchev–Trinajstić information content (AvgIpc) is 3.14. The fourth-order valence-corrected chi connectivity index (χ4v) is 3.81. The number of rotatable bonds is 6. The quantitative estimate of drug-likeness (QED) is 0.131. The third-order valence-electron chi connectivity index (χ3n) is 4.62. The van der Waals surface area contributed by atoms with Crippen LogP contribution in [-0.4, -0.2) is 16.0 Å². The number of nitrogen functional groups attached to an aromatic ring is 1. The van der Waals surface area contributed by atoms with Crippen LogP contribution < -0.4 is 16.8 Å². The van der Waals surface area contributed by atoms with Crippen LogP contribution >= 0.6 is 28.4 Å². The highest BCUT2D eigenvalue weighted by molar-refractivity contribution is 14.2. The molecule has 3 aromatic carbocycles. The van der Waals surface area contributed by atoms with E-state index in [1.807, 2.05) is 71.4 Å². The summed E-state index contributed by atoms with van der Waals surface area (Å²) in [4.78, 5) is 0. The van der Waals surface area contributed by atoms with Crippen molar-refractivity contribution in [1.82, 2.24) is 9.78 Å². The van der Waals surface area contributed by atoms with Gasteiger partial charge in [-0.3, -0.25) is 4.76 Å². The smallest absolute Gasteiger partial charge is 0.160 e. The number of hydrogen-bond acceptors (Lipinski definition) is 5. The van der Waals surface area contributed by atoms with Gasteiger partial charge in [-0.05, 0) is 70.1 Å². The summed E-state index contributed by atoms with van der Waals surface area (Å²) in [5, 5.41) is 9.27. The summed E-state index contributed by atoms with van der Waals surface area (Å²) >= 11 is 2.22. The van der Waals surface area contributed by atoms with E-state index in [2.05, 4.69) is 38.2 Å². The predicted octanol–water partition coefficient (Wildman–Crippen LogP) is 5.67. The monoisotopic (exact) mass is 526 g/mol. The molecule has 0 saturated heterocycles. The molecule has 0 amide bonds. The van der Waals surface area contributed by atoms with E-state index >= 15 is 0 Å². The molecule has 0 aliphatic carbocycles. The zero-order chi connectivity index (χ0) is 20.9. The molecule has 0 aliphatic heterocycles. The van der Waals surface area contributed by atoms with Gasteiger partial charge < -0.3 is 16.8 Å². The number of benzene rings is 3. The number of halogens is 1. The molecule has 1 aromatic heterocycles. The van der Waals surface area contributed by atoms with Gasteiger partial charge in [0.25, 0.3) is 0 Å². The van der Waals surface area contributed by atoms with Gasteiger partial charge in [0.15, 0.2) is 5.82 Å². The summed E-state index contributed by atoms with van der Waals surface area (Å²) in [6.07, 6.45) is 3.84. The molecule has 5 N–H and O–H groups in total. The van der Waals surface area contributed by atoms with E-state index in [4.69, 9.17) is 16.6 Å². The molecular weight excluding hydrogens is 506 g/mol. The molecule has 4 aromatic rings. The van der Waals surface area contributed by atoms with Gasteiger partial charge in [-0.25, -0.2) is 4.68 Å². The second-order valence-electron chi connectivity index (χ2n) is 6.54. The van der Waals surface area contributed by atoms with E-state index in [0.717, 1.165) is 39.2 Å². The first-order valence-electron chi connectivity index (χ1n) is 9.21. The normalized spacial score (nSPS) is 12.4. The number of nitrogens with one attached hydrogen (secondary N) is 1. The first-order chi connectivity index (χ1) is 14.7. The lowest BCUT2D eigenvalue weighted by molar-refractivity contribution is 0.915. The summed E-state index contributed by atoms with van der Waals surface area (Å²) < 4.78 is 6.19. The Bertz CT molecular complexity index is 1230. The minimum absolute atomic E-state index is 0.469. The lowest BCUT2D eigenvalue weighted by Gasteiger charge is -2.06. The Morgan fingerprint density at radius 3 is 2.60 bits per heavy atom. The third-order valence-corrected chi connectivity index (χ3v) is 5.68. The lowest BCUT2D eigenvalue weighted by atomic mass is 10.1. The number of fused-ring (bicyclic) bond motifs is 1. The maximum Gasteiger partial charge on any atom is 0.160 e. The minimum Gasteiger partial charge on any atom is -0.404 e. The summed E-state index contributed by atoms with van der Waals surface area (Å²) in [6, 6.07) is 23.9. The Morgan fingerprint density at radius 1 is 1.07 bits per heavy atom. The molecule has 1 heterocycles. The molecular formula is C22H20IN6P. The molecule has 4 rings (SSSR count). The number of allylic oxidation sites excluding steroid dienone is 1. The molecule has 150 valence electrons. The zero-order valence-corrected chi connectivity index (χ0v) is 19.1. The summed E-state index contributed by atoms with van der Waals surface area (Å²) in [5.74, 6) is 0.781. The summed E-state index contributed by atoms with van der Waals surface area (Å²) in [5.41, 5.74) is 17.2. The highest BCUT2D eigenvalue weighted by Crippen LogP contribution is 2.29. The zero-order valence-electron chi connectivity index (χ0n) is 16.0. The largest absolute Gasteiger partial charge is 0.404 e. The van der Waals surface area contributed by atoms with Gasteiger partial charge in [0.2, 0.25) is 0 Å². The Kier molecular flexibility index (Phi) is 6.30. The lowest BCUT2D eigenvalue weighted by Crippen LogP contribution is -1.99.